The van der Waals surface area contributed by atoms with Crippen molar-refractivity contribution in [2.75, 3.05) is 52.4 Å². The average Bonchev–Trinajstić information content (AvgIpc) is 2.42. The topological polar surface area (TPSA) is 38.7 Å². The normalized spacial score (nSPS) is 24.2. The van der Waals surface area contributed by atoms with E-state index in [9.17, 15) is 5.11 Å². The molecule has 2 aliphatic heterocycles. The number of nitrogens with zero attached hydrogens (tertiary/aromatic N) is 2. The first kappa shape index (κ1) is 14.9. The Morgan fingerprint density at radius 1 is 0.941 bits per heavy atom. The minimum atomic E-state index is -0.0413. The first-order valence-corrected chi connectivity index (χ1v) is 7.18. The molecule has 0 atom stereocenters. The summed E-state index contributed by atoms with van der Waals surface area (Å²) < 4.78 is 0. The second kappa shape index (κ2) is 8.86. The Morgan fingerprint density at radius 3 is 1.94 bits per heavy atom. The Bertz CT molecular complexity index is 176. The number of piperidine rings is 1. The minimum Gasteiger partial charge on any atom is -0.393 e. The van der Waals surface area contributed by atoms with E-state index in [0.29, 0.717) is 0 Å². The minimum absolute atomic E-state index is 0.0413. The van der Waals surface area contributed by atoms with Gasteiger partial charge in [0.1, 0.15) is 0 Å². The predicted octanol–water partition coefficient (Wildman–Crippen LogP) is 0.375. The number of nitrogens with one attached hydrogen (secondary N) is 1. The van der Waals surface area contributed by atoms with Crippen LogP contribution in [0.15, 0.2) is 0 Å². The molecule has 2 fully saturated rings. The van der Waals surface area contributed by atoms with Crippen molar-refractivity contribution in [1.29, 1.82) is 0 Å². The van der Waals surface area contributed by atoms with Gasteiger partial charge in [0.05, 0.1) is 6.10 Å². The fraction of sp³-hybridized carbons (Fsp3) is 1.00. The number of aliphatic hydroxyl groups is 1. The van der Waals surface area contributed by atoms with Crippen molar-refractivity contribution < 1.29 is 5.11 Å². The molecule has 0 aliphatic carbocycles. The van der Waals surface area contributed by atoms with Gasteiger partial charge in [-0.05, 0) is 12.8 Å². The van der Waals surface area contributed by atoms with Gasteiger partial charge in [0.15, 0.2) is 0 Å². The Kier molecular flexibility index (Phi) is 7.77. The number of aliphatic hydroxyl groups excluding tert-OH is 1. The highest BCUT2D eigenvalue weighted by molar-refractivity contribution is 4.74. The highest BCUT2D eigenvalue weighted by Crippen LogP contribution is 2.09. The molecule has 0 aromatic heterocycles. The average molecular weight is 243 g/mol. The van der Waals surface area contributed by atoms with E-state index in [1.165, 1.54) is 26.2 Å². The van der Waals surface area contributed by atoms with Gasteiger partial charge in [0, 0.05) is 52.4 Å². The van der Waals surface area contributed by atoms with Crippen molar-refractivity contribution in [1.82, 2.24) is 15.1 Å². The van der Waals surface area contributed by atoms with Crippen LogP contribution in [0.4, 0.5) is 0 Å². The maximum absolute atomic E-state index is 9.40. The van der Waals surface area contributed by atoms with E-state index in [2.05, 4.69) is 15.1 Å². The van der Waals surface area contributed by atoms with Crippen molar-refractivity contribution in [2.45, 2.75) is 32.8 Å². The van der Waals surface area contributed by atoms with Crippen LogP contribution in [0.3, 0.4) is 0 Å². The summed E-state index contributed by atoms with van der Waals surface area (Å²) in [6.07, 6.45) is 1.88. The highest BCUT2D eigenvalue weighted by atomic mass is 16.3. The summed E-state index contributed by atoms with van der Waals surface area (Å²) in [7, 11) is 0. The quantitative estimate of drug-likeness (QED) is 0.751. The molecule has 4 nitrogen and oxygen atoms in total. The zero-order chi connectivity index (χ0) is 12.5. The monoisotopic (exact) mass is 243 g/mol. The summed E-state index contributed by atoms with van der Waals surface area (Å²) in [5.41, 5.74) is 0. The lowest BCUT2D eigenvalue weighted by molar-refractivity contribution is 0.0757. The van der Waals surface area contributed by atoms with Gasteiger partial charge in [-0.15, -0.1) is 0 Å². The summed E-state index contributed by atoms with van der Waals surface area (Å²) >= 11 is 0. The number of rotatable bonds is 3. The van der Waals surface area contributed by atoms with E-state index in [-0.39, 0.29) is 6.10 Å². The third-order valence-electron chi connectivity index (χ3n) is 3.50. The van der Waals surface area contributed by atoms with Crippen LogP contribution < -0.4 is 5.32 Å². The van der Waals surface area contributed by atoms with Crippen LogP contribution in [-0.2, 0) is 0 Å². The predicted molar refractivity (Wildman–Crippen MR) is 72.3 cm³/mol. The second-order valence-corrected chi connectivity index (χ2v) is 4.66. The molecule has 0 aromatic rings. The molecule has 17 heavy (non-hydrogen) atoms. The van der Waals surface area contributed by atoms with E-state index < -0.39 is 0 Å². The maximum Gasteiger partial charge on any atom is 0.0564 e. The van der Waals surface area contributed by atoms with Crippen molar-refractivity contribution in [3.8, 4) is 0 Å². The van der Waals surface area contributed by atoms with Crippen LogP contribution in [0.1, 0.15) is 26.7 Å². The fourth-order valence-electron chi connectivity index (χ4n) is 2.36. The first-order chi connectivity index (χ1) is 8.34. The summed E-state index contributed by atoms with van der Waals surface area (Å²) in [5, 5.41) is 12.8. The van der Waals surface area contributed by atoms with E-state index in [1.807, 2.05) is 13.8 Å². The Labute approximate surface area is 106 Å². The molecule has 0 saturated carbocycles. The van der Waals surface area contributed by atoms with Crippen LogP contribution in [0, 0.1) is 0 Å². The van der Waals surface area contributed by atoms with Crippen LogP contribution >= 0.6 is 0 Å². The molecule has 0 bridgehead atoms. The van der Waals surface area contributed by atoms with E-state index in [1.54, 1.807) is 0 Å². The first-order valence-electron chi connectivity index (χ1n) is 7.18. The van der Waals surface area contributed by atoms with Gasteiger partial charge in [0.2, 0.25) is 0 Å². The molecule has 4 heteroatoms. The standard InChI is InChI=1S/C11H23N3O.C2H6/c15-11-1-5-13(6-2-11)9-10-14-7-3-12-4-8-14;1-2/h11-12,15H,1-10H2;1-2H3. The molecular formula is C13H29N3O. The lowest BCUT2D eigenvalue weighted by Crippen LogP contribution is -2.47. The van der Waals surface area contributed by atoms with Gasteiger partial charge in [-0.2, -0.15) is 0 Å². The van der Waals surface area contributed by atoms with Gasteiger partial charge in [-0.25, -0.2) is 0 Å². The van der Waals surface area contributed by atoms with Crippen molar-refractivity contribution in [2.24, 2.45) is 0 Å². The molecule has 0 aromatic carbocycles. The van der Waals surface area contributed by atoms with Crippen LogP contribution in [0.25, 0.3) is 0 Å². The van der Waals surface area contributed by atoms with Gasteiger partial charge < -0.3 is 15.3 Å². The lowest BCUT2D eigenvalue weighted by Gasteiger charge is -2.33. The molecule has 2 rings (SSSR count). The number of hydrogen-bond acceptors (Lipinski definition) is 4. The Morgan fingerprint density at radius 2 is 1.41 bits per heavy atom. The molecule has 102 valence electrons. The smallest absolute Gasteiger partial charge is 0.0564 e. The van der Waals surface area contributed by atoms with Crippen molar-refractivity contribution >= 4 is 0 Å². The third-order valence-corrected chi connectivity index (χ3v) is 3.50. The zero-order valence-electron chi connectivity index (χ0n) is 11.5. The fourth-order valence-corrected chi connectivity index (χ4v) is 2.36. The number of hydrogen-bond donors (Lipinski definition) is 2. The zero-order valence-corrected chi connectivity index (χ0v) is 11.5. The summed E-state index contributed by atoms with van der Waals surface area (Å²) in [6.45, 7) is 13.2. The molecule has 2 saturated heterocycles. The van der Waals surface area contributed by atoms with E-state index in [4.69, 9.17) is 0 Å². The van der Waals surface area contributed by atoms with Crippen molar-refractivity contribution in [3.05, 3.63) is 0 Å². The Balaban J connectivity index is 0.000000686. The third kappa shape index (κ3) is 5.82. The second-order valence-electron chi connectivity index (χ2n) is 4.66. The molecule has 2 aliphatic rings. The van der Waals surface area contributed by atoms with Crippen LogP contribution in [0.2, 0.25) is 0 Å². The molecule has 2 heterocycles. The van der Waals surface area contributed by atoms with Gasteiger partial charge >= 0.3 is 0 Å². The molecule has 0 radical (unpaired) electrons. The van der Waals surface area contributed by atoms with Gasteiger partial charge in [0.25, 0.3) is 0 Å². The molecule has 0 amide bonds. The van der Waals surface area contributed by atoms with Gasteiger partial charge in [-0.1, -0.05) is 13.8 Å². The molecular weight excluding hydrogens is 214 g/mol. The summed E-state index contributed by atoms with van der Waals surface area (Å²) in [6, 6.07) is 0. The Hall–Kier alpha value is -0.160. The summed E-state index contributed by atoms with van der Waals surface area (Å²) in [4.78, 5) is 5.01. The molecule has 0 unspecified atom stereocenters. The van der Waals surface area contributed by atoms with Crippen molar-refractivity contribution in [3.63, 3.8) is 0 Å². The SMILES string of the molecule is CC.OC1CCN(CCN2CCNCC2)CC1. The van der Waals surface area contributed by atoms with E-state index >= 15 is 0 Å². The molecule has 0 spiro atoms. The number of likely N-dealkylation sites (tertiary alicyclic amines) is 1. The van der Waals surface area contributed by atoms with Crippen LogP contribution in [0.5, 0.6) is 0 Å². The summed E-state index contributed by atoms with van der Waals surface area (Å²) in [5.74, 6) is 0. The lowest BCUT2D eigenvalue weighted by atomic mass is 10.1. The highest BCUT2D eigenvalue weighted by Gasteiger charge is 2.17. The molecule has 2 N–H and O–H groups in total. The number of piperazine rings is 1. The van der Waals surface area contributed by atoms with Gasteiger partial charge in [-0.3, -0.25) is 4.90 Å². The van der Waals surface area contributed by atoms with E-state index in [0.717, 1.165) is 39.0 Å². The maximum atomic E-state index is 9.40. The van der Waals surface area contributed by atoms with Crippen LogP contribution in [-0.4, -0.2) is 73.4 Å². The largest absolute Gasteiger partial charge is 0.393 e.